The maximum absolute atomic E-state index is 14.0. The molecule has 0 radical (unpaired) electrons. The van der Waals surface area contributed by atoms with Gasteiger partial charge in [0, 0.05) is 41.3 Å². The molecule has 5 rings (SSSR count). The minimum Gasteiger partial charge on any atom is -0.379 e. The normalized spacial score (nSPS) is 12.7. The molecule has 9 heteroatoms. The van der Waals surface area contributed by atoms with E-state index in [9.17, 15) is 18.0 Å². The number of rotatable bonds is 3. The number of aromatic nitrogens is 3. The van der Waals surface area contributed by atoms with Crippen LogP contribution >= 0.6 is 0 Å². The highest BCUT2D eigenvalue weighted by molar-refractivity contribution is 6.15. The number of ketones is 1. The van der Waals surface area contributed by atoms with E-state index in [2.05, 4.69) is 20.7 Å². The largest absolute Gasteiger partial charge is 0.417 e. The van der Waals surface area contributed by atoms with Crippen LogP contribution in [0.25, 0.3) is 5.69 Å². The molecule has 166 valence electrons. The number of halogens is 3. The first-order valence-electron chi connectivity index (χ1n) is 10.2. The molecule has 3 heterocycles. The first-order chi connectivity index (χ1) is 15.8. The van der Waals surface area contributed by atoms with Crippen LogP contribution in [-0.2, 0) is 12.7 Å². The zero-order valence-corrected chi connectivity index (χ0v) is 17.4. The maximum atomic E-state index is 14.0. The Balaban J connectivity index is 1.62. The topological polar surface area (TPSA) is 71.8 Å². The number of para-hydroxylation sites is 1. The second kappa shape index (κ2) is 7.77. The van der Waals surface area contributed by atoms with E-state index in [4.69, 9.17) is 0 Å². The summed E-state index contributed by atoms with van der Waals surface area (Å²) in [5.74, 6) is -0.193. The van der Waals surface area contributed by atoms with Crippen LogP contribution in [0.2, 0.25) is 0 Å². The summed E-state index contributed by atoms with van der Waals surface area (Å²) in [4.78, 5) is 17.8. The summed E-state index contributed by atoms with van der Waals surface area (Å²) in [7, 11) is 0. The fourth-order valence-corrected chi connectivity index (χ4v) is 3.91. The molecule has 0 unspecified atom stereocenters. The van der Waals surface area contributed by atoms with Crippen molar-refractivity contribution in [2.45, 2.75) is 19.6 Å². The van der Waals surface area contributed by atoms with Crippen LogP contribution in [0.5, 0.6) is 0 Å². The molecule has 0 saturated heterocycles. The van der Waals surface area contributed by atoms with Crippen LogP contribution in [0.3, 0.4) is 0 Å². The summed E-state index contributed by atoms with van der Waals surface area (Å²) in [5, 5.41) is 10.4. The lowest BCUT2D eigenvalue weighted by Gasteiger charge is -2.17. The minimum atomic E-state index is -4.73. The Labute approximate surface area is 187 Å². The van der Waals surface area contributed by atoms with Crippen molar-refractivity contribution in [2.24, 2.45) is 0 Å². The summed E-state index contributed by atoms with van der Waals surface area (Å²) in [5.41, 5.74) is 1.45. The van der Waals surface area contributed by atoms with Crippen LogP contribution in [0, 0.1) is 6.92 Å². The van der Waals surface area contributed by atoms with E-state index in [0.29, 0.717) is 29.4 Å². The molecular formula is C24H18F3N5O. The molecule has 4 aromatic rings. The Bertz CT molecular complexity index is 1380. The third-order valence-electron chi connectivity index (χ3n) is 5.54. The second-order valence-electron chi connectivity index (χ2n) is 7.66. The van der Waals surface area contributed by atoms with E-state index in [1.165, 1.54) is 29.1 Å². The number of hydrogen-bond donors (Lipinski definition) is 2. The minimum absolute atomic E-state index is 0.118. The molecule has 0 spiro atoms. The van der Waals surface area contributed by atoms with Gasteiger partial charge in [-0.25, -0.2) is 9.67 Å². The quantitative estimate of drug-likeness (QED) is 0.405. The SMILES string of the molecule is Cc1ccnn1-c1ccc(C(=O)c2cccc3c2Nc2ncccc2CN3)c(C(F)(F)F)c1. The van der Waals surface area contributed by atoms with E-state index in [1.807, 2.05) is 6.07 Å². The van der Waals surface area contributed by atoms with E-state index in [0.717, 1.165) is 11.6 Å². The predicted molar refractivity (Wildman–Crippen MR) is 118 cm³/mol. The summed E-state index contributed by atoms with van der Waals surface area (Å²) in [6.45, 7) is 2.20. The van der Waals surface area contributed by atoms with Gasteiger partial charge in [0.15, 0.2) is 5.78 Å². The molecule has 0 amide bonds. The molecule has 33 heavy (non-hydrogen) atoms. The van der Waals surface area contributed by atoms with E-state index < -0.39 is 23.1 Å². The summed E-state index contributed by atoms with van der Waals surface area (Å²) in [6.07, 6.45) is -1.61. The van der Waals surface area contributed by atoms with E-state index in [1.54, 1.807) is 37.4 Å². The van der Waals surface area contributed by atoms with E-state index in [-0.39, 0.29) is 11.3 Å². The lowest BCUT2D eigenvalue weighted by Crippen LogP contribution is -2.16. The summed E-state index contributed by atoms with van der Waals surface area (Å²) < 4.78 is 43.5. The Morgan fingerprint density at radius 1 is 1.03 bits per heavy atom. The lowest BCUT2D eigenvalue weighted by molar-refractivity contribution is -0.137. The molecule has 0 fully saturated rings. The van der Waals surface area contributed by atoms with Crippen LogP contribution in [-0.4, -0.2) is 20.5 Å². The molecule has 2 aromatic carbocycles. The van der Waals surface area contributed by atoms with Gasteiger partial charge in [-0.3, -0.25) is 4.79 Å². The smallest absolute Gasteiger partial charge is 0.379 e. The number of pyridine rings is 1. The zero-order valence-electron chi connectivity index (χ0n) is 17.4. The van der Waals surface area contributed by atoms with Crippen molar-refractivity contribution in [1.29, 1.82) is 0 Å². The number of nitrogens with zero attached hydrogens (tertiary/aromatic N) is 3. The highest BCUT2D eigenvalue weighted by atomic mass is 19.4. The van der Waals surface area contributed by atoms with Gasteiger partial charge >= 0.3 is 6.18 Å². The summed E-state index contributed by atoms with van der Waals surface area (Å²) in [6, 6.07) is 13.9. The Morgan fingerprint density at radius 3 is 2.64 bits per heavy atom. The Kier molecular flexibility index (Phi) is 4.88. The average Bonchev–Trinajstić information content (AvgIpc) is 3.13. The van der Waals surface area contributed by atoms with Gasteiger partial charge in [-0.1, -0.05) is 12.1 Å². The fraction of sp³-hybridized carbons (Fsp3) is 0.125. The third-order valence-corrected chi connectivity index (χ3v) is 5.54. The van der Waals surface area contributed by atoms with Gasteiger partial charge < -0.3 is 10.6 Å². The van der Waals surface area contributed by atoms with Crippen LogP contribution in [0.4, 0.5) is 30.4 Å². The molecule has 0 saturated carbocycles. The lowest BCUT2D eigenvalue weighted by atomic mass is 9.95. The van der Waals surface area contributed by atoms with Gasteiger partial charge in [-0.15, -0.1) is 0 Å². The van der Waals surface area contributed by atoms with Crippen molar-refractivity contribution >= 4 is 23.0 Å². The Hall–Kier alpha value is -4.14. The number of benzene rings is 2. The van der Waals surface area contributed by atoms with Gasteiger partial charge in [0.05, 0.1) is 22.6 Å². The van der Waals surface area contributed by atoms with Crippen molar-refractivity contribution in [2.75, 3.05) is 10.6 Å². The van der Waals surface area contributed by atoms with Gasteiger partial charge in [0.25, 0.3) is 0 Å². The van der Waals surface area contributed by atoms with Gasteiger partial charge in [-0.05, 0) is 49.4 Å². The van der Waals surface area contributed by atoms with Crippen molar-refractivity contribution < 1.29 is 18.0 Å². The molecule has 1 aliphatic heterocycles. The monoisotopic (exact) mass is 449 g/mol. The highest BCUT2D eigenvalue weighted by Gasteiger charge is 2.36. The summed E-state index contributed by atoms with van der Waals surface area (Å²) >= 11 is 0. The molecule has 2 aromatic heterocycles. The number of carbonyl (C=O) groups is 1. The molecule has 0 bridgehead atoms. The average molecular weight is 449 g/mol. The molecule has 0 aliphatic carbocycles. The maximum Gasteiger partial charge on any atom is 0.417 e. The number of alkyl halides is 3. The Morgan fingerprint density at radius 2 is 1.88 bits per heavy atom. The van der Waals surface area contributed by atoms with Crippen LogP contribution in [0.15, 0.2) is 67.0 Å². The van der Waals surface area contributed by atoms with Gasteiger partial charge in [0.1, 0.15) is 5.82 Å². The molecule has 2 N–H and O–H groups in total. The first kappa shape index (κ1) is 20.7. The molecule has 6 nitrogen and oxygen atoms in total. The number of carbonyl (C=O) groups excluding carboxylic acids is 1. The third kappa shape index (κ3) is 3.71. The standard InChI is InChI=1S/C24H18F3N5O/c1-14-9-11-30-32(14)16-7-8-17(19(12-16)24(25,26)27)22(33)18-5-2-6-20-21(18)31-23-15(13-29-20)4-3-10-28-23/h2-12,29H,13H2,1H3,(H,28,31). The predicted octanol–water partition coefficient (Wildman–Crippen LogP) is 5.49. The first-order valence-corrected chi connectivity index (χ1v) is 10.2. The van der Waals surface area contributed by atoms with E-state index >= 15 is 0 Å². The second-order valence-corrected chi connectivity index (χ2v) is 7.66. The zero-order chi connectivity index (χ0) is 23.2. The van der Waals surface area contributed by atoms with Crippen LogP contribution in [0.1, 0.15) is 32.7 Å². The number of nitrogens with one attached hydrogen (secondary N) is 2. The van der Waals surface area contributed by atoms with Crippen molar-refractivity contribution in [3.63, 3.8) is 0 Å². The highest BCUT2D eigenvalue weighted by Crippen LogP contribution is 2.38. The van der Waals surface area contributed by atoms with Crippen molar-refractivity contribution in [1.82, 2.24) is 14.8 Å². The number of anilines is 3. The van der Waals surface area contributed by atoms with Gasteiger partial charge in [0.2, 0.25) is 0 Å². The van der Waals surface area contributed by atoms with Gasteiger partial charge in [-0.2, -0.15) is 18.3 Å². The number of hydrogen-bond acceptors (Lipinski definition) is 5. The molecular weight excluding hydrogens is 431 g/mol. The van der Waals surface area contributed by atoms with Crippen molar-refractivity contribution in [3.05, 3.63) is 94.9 Å². The fourth-order valence-electron chi connectivity index (χ4n) is 3.91. The molecule has 0 atom stereocenters. The van der Waals surface area contributed by atoms with Crippen LogP contribution < -0.4 is 10.6 Å². The van der Waals surface area contributed by atoms with Crippen molar-refractivity contribution in [3.8, 4) is 5.69 Å². The number of aryl methyl sites for hydroxylation is 1. The molecule has 1 aliphatic rings. The number of fused-ring (bicyclic) bond motifs is 2.